The second-order valence-electron chi connectivity index (χ2n) is 5.43. The van der Waals surface area contributed by atoms with Crippen LogP contribution in [-0.4, -0.2) is 24.8 Å². The van der Waals surface area contributed by atoms with Gasteiger partial charge in [-0.15, -0.1) is 0 Å². The number of nitrogens with zero attached hydrogens (tertiary/aromatic N) is 1. The summed E-state index contributed by atoms with van der Waals surface area (Å²) in [4.78, 5) is 11.9. The van der Waals surface area contributed by atoms with E-state index in [4.69, 9.17) is 25.6 Å². The van der Waals surface area contributed by atoms with E-state index in [0.717, 1.165) is 5.56 Å². The molecule has 0 fully saturated rings. The Kier molecular flexibility index (Phi) is 5.76. The maximum Gasteiger partial charge on any atom is 0.258 e. The highest BCUT2D eigenvalue weighted by Gasteiger charge is 2.09. The largest absolute Gasteiger partial charge is 0.497 e. The highest BCUT2D eigenvalue weighted by atomic mass is 35.5. The van der Waals surface area contributed by atoms with E-state index in [1.807, 2.05) is 12.1 Å². The van der Waals surface area contributed by atoms with Crippen LogP contribution in [0.4, 0.5) is 0 Å². The van der Waals surface area contributed by atoms with Crippen molar-refractivity contribution in [2.75, 3.05) is 13.7 Å². The lowest BCUT2D eigenvalue weighted by molar-refractivity contribution is -0.123. The van der Waals surface area contributed by atoms with Gasteiger partial charge in [-0.2, -0.15) is 0 Å². The van der Waals surface area contributed by atoms with Crippen molar-refractivity contribution in [2.45, 2.75) is 6.54 Å². The standard InChI is InChI=1S/C19H17ClN2O4/c1-24-16-3-2-4-17(10-16)25-12-19(23)21-11-15-9-18(26-22-15)13-5-7-14(20)8-6-13/h2-10H,11-12H2,1H3,(H,21,23). The number of halogens is 1. The number of carbonyl (C=O) groups is 1. The maximum atomic E-state index is 11.9. The van der Waals surface area contributed by atoms with Crippen LogP contribution in [0.25, 0.3) is 11.3 Å². The van der Waals surface area contributed by atoms with Crippen molar-refractivity contribution in [1.29, 1.82) is 0 Å². The van der Waals surface area contributed by atoms with Crippen LogP contribution in [0, 0.1) is 0 Å². The molecule has 0 aliphatic rings. The molecule has 1 amide bonds. The van der Waals surface area contributed by atoms with Crippen molar-refractivity contribution in [1.82, 2.24) is 10.5 Å². The van der Waals surface area contributed by atoms with Crippen molar-refractivity contribution < 1.29 is 18.8 Å². The van der Waals surface area contributed by atoms with E-state index in [-0.39, 0.29) is 19.1 Å². The quantitative estimate of drug-likeness (QED) is 0.684. The van der Waals surface area contributed by atoms with Crippen LogP contribution >= 0.6 is 11.6 Å². The van der Waals surface area contributed by atoms with E-state index >= 15 is 0 Å². The minimum atomic E-state index is -0.260. The summed E-state index contributed by atoms with van der Waals surface area (Å²) < 4.78 is 15.8. The molecule has 1 aromatic heterocycles. The lowest BCUT2D eigenvalue weighted by Crippen LogP contribution is -2.28. The van der Waals surface area contributed by atoms with Crippen LogP contribution in [0.3, 0.4) is 0 Å². The summed E-state index contributed by atoms with van der Waals surface area (Å²) in [5.41, 5.74) is 1.48. The minimum Gasteiger partial charge on any atom is -0.497 e. The van der Waals surface area contributed by atoms with Crippen molar-refractivity contribution in [3.05, 3.63) is 65.3 Å². The lowest BCUT2D eigenvalue weighted by atomic mass is 10.1. The second kappa shape index (κ2) is 8.40. The summed E-state index contributed by atoms with van der Waals surface area (Å²) in [7, 11) is 1.57. The molecule has 6 nitrogen and oxygen atoms in total. The molecule has 3 aromatic rings. The van der Waals surface area contributed by atoms with Crippen molar-refractivity contribution in [3.63, 3.8) is 0 Å². The van der Waals surface area contributed by atoms with Crippen LogP contribution in [0.5, 0.6) is 11.5 Å². The Balaban J connectivity index is 1.49. The summed E-state index contributed by atoms with van der Waals surface area (Å²) in [6, 6.07) is 16.1. The molecule has 0 bridgehead atoms. The molecule has 7 heteroatoms. The smallest absolute Gasteiger partial charge is 0.258 e. The number of nitrogens with one attached hydrogen (secondary N) is 1. The molecule has 3 rings (SSSR count). The molecule has 26 heavy (non-hydrogen) atoms. The van der Waals surface area contributed by atoms with Gasteiger partial charge in [-0.3, -0.25) is 4.79 Å². The number of aromatic nitrogens is 1. The van der Waals surface area contributed by atoms with E-state index in [1.165, 1.54) is 0 Å². The first kappa shape index (κ1) is 17.8. The van der Waals surface area contributed by atoms with Gasteiger partial charge in [0.2, 0.25) is 0 Å². The van der Waals surface area contributed by atoms with E-state index in [9.17, 15) is 4.79 Å². The molecular weight excluding hydrogens is 356 g/mol. The Labute approximate surface area is 155 Å². The number of hydrogen-bond acceptors (Lipinski definition) is 5. The Bertz CT molecular complexity index is 877. The molecule has 134 valence electrons. The molecule has 1 N–H and O–H groups in total. The molecule has 0 aliphatic heterocycles. The van der Waals surface area contributed by atoms with Crippen molar-refractivity contribution in [2.24, 2.45) is 0 Å². The highest BCUT2D eigenvalue weighted by Crippen LogP contribution is 2.22. The van der Waals surface area contributed by atoms with E-state index in [0.29, 0.717) is 28.0 Å². The van der Waals surface area contributed by atoms with Crippen LogP contribution in [0.15, 0.2) is 59.1 Å². The predicted octanol–water partition coefficient (Wildman–Crippen LogP) is 3.70. The fraction of sp³-hybridized carbons (Fsp3) is 0.158. The zero-order valence-electron chi connectivity index (χ0n) is 14.1. The number of carbonyl (C=O) groups excluding carboxylic acids is 1. The Morgan fingerprint density at radius 2 is 1.92 bits per heavy atom. The SMILES string of the molecule is COc1cccc(OCC(=O)NCc2cc(-c3ccc(Cl)cc3)on2)c1. The molecular formula is C19H17ClN2O4. The van der Waals surface area contributed by atoms with Gasteiger partial charge in [0.15, 0.2) is 12.4 Å². The average molecular weight is 373 g/mol. The number of benzene rings is 2. The molecule has 1 heterocycles. The monoisotopic (exact) mass is 372 g/mol. The number of ether oxygens (including phenoxy) is 2. The van der Waals surface area contributed by atoms with Gasteiger partial charge in [-0.25, -0.2) is 0 Å². The lowest BCUT2D eigenvalue weighted by Gasteiger charge is -2.07. The van der Waals surface area contributed by atoms with Crippen LogP contribution in [0.1, 0.15) is 5.69 Å². The summed E-state index contributed by atoms with van der Waals surface area (Å²) in [5.74, 6) is 1.58. The topological polar surface area (TPSA) is 73.6 Å². The van der Waals surface area contributed by atoms with Gasteiger partial charge < -0.3 is 19.3 Å². The third kappa shape index (κ3) is 4.77. The van der Waals surface area contributed by atoms with Crippen LogP contribution < -0.4 is 14.8 Å². The Morgan fingerprint density at radius 3 is 2.69 bits per heavy atom. The molecule has 0 saturated carbocycles. The van der Waals surface area contributed by atoms with Gasteiger partial charge in [0.1, 0.15) is 17.2 Å². The van der Waals surface area contributed by atoms with Crippen molar-refractivity contribution >= 4 is 17.5 Å². The first-order chi connectivity index (χ1) is 12.6. The summed E-state index contributed by atoms with van der Waals surface area (Å²) in [5, 5.41) is 7.33. The molecule has 0 unspecified atom stereocenters. The molecule has 0 aliphatic carbocycles. The van der Waals surface area contributed by atoms with E-state index in [2.05, 4.69) is 10.5 Å². The van der Waals surface area contributed by atoms with E-state index < -0.39 is 0 Å². The zero-order valence-corrected chi connectivity index (χ0v) is 14.8. The number of rotatable bonds is 7. The van der Waals surface area contributed by atoms with Gasteiger partial charge in [0, 0.05) is 22.7 Å². The molecule has 2 aromatic carbocycles. The zero-order chi connectivity index (χ0) is 18.4. The third-order valence-electron chi connectivity index (χ3n) is 3.57. The van der Waals surface area contributed by atoms with Crippen molar-refractivity contribution in [3.8, 4) is 22.8 Å². The second-order valence-corrected chi connectivity index (χ2v) is 5.87. The first-order valence-electron chi connectivity index (χ1n) is 7.89. The summed E-state index contributed by atoms with van der Waals surface area (Å²) >= 11 is 5.87. The summed E-state index contributed by atoms with van der Waals surface area (Å²) in [6.07, 6.45) is 0. The first-order valence-corrected chi connectivity index (χ1v) is 8.27. The highest BCUT2D eigenvalue weighted by molar-refractivity contribution is 6.30. The van der Waals surface area contributed by atoms with Gasteiger partial charge in [-0.05, 0) is 36.4 Å². The fourth-order valence-corrected chi connectivity index (χ4v) is 2.35. The van der Waals surface area contributed by atoms with Gasteiger partial charge >= 0.3 is 0 Å². The van der Waals surface area contributed by atoms with E-state index in [1.54, 1.807) is 49.6 Å². The van der Waals surface area contributed by atoms with Crippen LogP contribution in [-0.2, 0) is 11.3 Å². The minimum absolute atomic E-state index is 0.102. The third-order valence-corrected chi connectivity index (χ3v) is 3.82. The number of amides is 1. The Morgan fingerprint density at radius 1 is 1.15 bits per heavy atom. The fourth-order valence-electron chi connectivity index (χ4n) is 2.23. The maximum absolute atomic E-state index is 11.9. The van der Waals surface area contributed by atoms with Crippen LogP contribution in [0.2, 0.25) is 5.02 Å². The number of methoxy groups -OCH3 is 1. The predicted molar refractivity (Wildman–Crippen MR) is 97.3 cm³/mol. The van der Waals surface area contributed by atoms with Gasteiger partial charge in [0.05, 0.1) is 13.7 Å². The Hall–Kier alpha value is -2.99. The molecule has 0 radical (unpaired) electrons. The number of hydrogen-bond donors (Lipinski definition) is 1. The summed E-state index contributed by atoms with van der Waals surface area (Å²) in [6.45, 7) is 0.145. The van der Waals surface area contributed by atoms with Gasteiger partial charge in [0.25, 0.3) is 5.91 Å². The average Bonchev–Trinajstić information content (AvgIpc) is 3.14. The molecule has 0 saturated heterocycles. The van der Waals surface area contributed by atoms with Gasteiger partial charge in [-0.1, -0.05) is 22.8 Å². The molecule has 0 atom stereocenters. The molecule has 0 spiro atoms. The normalized spacial score (nSPS) is 10.4.